The van der Waals surface area contributed by atoms with E-state index in [9.17, 15) is 9.90 Å². The van der Waals surface area contributed by atoms with E-state index in [1.54, 1.807) is 0 Å². The monoisotopic (exact) mass is 293 g/mol. The van der Waals surface area contributed by atoms with Crippen molar-refractivity contribution in [3.8, 4) is 0 Å². The van der Waals surface area contributed by atoms with Gasteiger partial charge in [0.15, 0.2) is 0 Å². The molecule has 0 aliphatic heterocycles. The third kappa shape index (κ3) is 8.35. The summed E-state index contributed by atoms with van der Waals surface area (Å²) in [5.74, 6) is 0. The van der Waals surface area contributed by atoms with Crippen LogP contribution in [0.25, 0.3) is 0 Å². The summed E-state index contributed by atoms with van der Waals surface area (Å²) in [6, 6.07) is 9.29. The highest BCUT2D eigenvalue weighted by Crippen LogP contribution is 2.22. The van der Waals surface area contributed by atoms with Gasteiger partial charge in [-0.15, -0.1) is 0 Å². The number of carbonyl (C=O) groups excluding carboxylic acids is 1. The molecule has 0 aliphatic rings. The highest BCUT2D eigenvalue weighted by molar-refractivity contribution is 5.67. The first-order chi connectivity index (χ1) is 9.90. The molecule has 1 unspecified atom stereocenters. The molecule has 0 bridgehead atoms. The summed E-state index contributed by atoms with van der Waals surface area (Å²) in [7, 11) is 0. The molecule has 2 N–H and O–H groups in total. The molecule has 1 amide bonds. The van der Waals surface area contributed by atoms with Crippen LogP contribution >= 0.6 is 0 Å². The van der Waals surface area contributed by atoms with Crippen LogP contribution in [0.5, 0.6) is 0 Å². The third-order valence-electron chi connectivity index (χ3n) is 3.23. The second-order valence-electron chi connectivity index (χ2n) is 6.54. The number of hydrogen-bond donors (Lipinski definition) is 2. The average Bonchev–Trinajstić information content (AvgIpc) is 2.44. The lowest BCUT2D eigenvalue weighted by molar-refractivity contribution is 0.127. The lowest BCUT2D eigenvalue weighted by Crippen LogP contribution is -2.37. The number of alkyl carbamates (subject to hydrolysis) is 1. The standard InChI is InChI=1S/C17H27NO3/c1-17(2,3)11-7-10-15(12-19)18-16(20)21-13-14-8-5-4-6-9-14/h4-6,8-9,15,19H,7,10-13H2,1-3H3,(H,18,20). The zero-order chi connectivity index (χ0) is 15.7. The molecule has 4 nitrogen and oxygen atoms in total. The van der Waals surface area contributed by atoms with E-state index in [1.807, 2.05) is 30.3 Å². The van der Waals surface area contributed by atoms with Crippen LogP contribution in [-0.2, 0) is 11.3 Å². The Balaban J connectivity index is 2.27. The Morgan fingerprint density at radius 2 is 1.95 bits per heavy atom. The molecule has 0 aliphatic carbocycles. The number of hydrogen-bond acceptors (Lipinski definition) is 3. The largest absolute Gasteiger partial charge is 0.445 e. The lowest BCUT2D eigenvalue weighted by atomic mass is 9.89. The van der Waals surface area contributed by atoms with E-state index in [0.717, 1.165) is 24.8 Å². The Labute approximate surface area is 127 Å². The van der Waals surface area contributed by atoms with Crippen molar-refractivity contribution in [2.24, 2.45) is 5.41 Å². The fourth-order valence-electron chi connectivity index (χ4n) is 2.02. The first-order valence-electron chi connectivity index (χ1n) is 7.49. The van der Waals surface area contributed by atoms with E-state index in [2.05, 4.69) is 26.1 Å². The predicted octanol–water partition coefficient (Wildman–Crippen LogP) is 3.49. The van der Waals surface area contributed by atoms with Gasteiger partial charge in [-0.3, -0.25) is 0 Å². The summed E-state index contributed by atoms with van der Waals surface area (Å²) >= 11 is 0. The van der Waals surface area contributed by atoms with Gasteiger partial charge < -0.3 is 15.2 Å². The maximum atomic E-state index is 11.7. The zero-order valence-corrected chi connectivity index (χ0v) is 13.3. The van der Waals surface area contributed by atoms with Crippen LogP contribution in [0, 0.1) is 5.41 Å². The van der Waals surface area contributed by atoms with Crippen molar-refractivity contribution < 1.29 is 14.6 Å². The van der Waals surface area contributed by atoms with Gasteiger partial charge in [0.1, 0.15) is 6.61 Å². The summed E-state index contributed by atoms with van der Waals surface area (Å²) in [5.41, 5.74) is 1.22. The zero-order valence-electron chi connectivity index (χ0n) is 13.3. The molecule has 21 heavy (non-hydrogen) atoms. The van der Waals surface area contributed by atoms with Crippen molar-refractivity contribution >= 4 is 6.09 Å². The highest BCUT2D eigenvalue weighted by Gasteiger charge is 2.15. The predicted molar refractivity (Wildman–Crippen MR) is 83.9 cm³/mol. The first kappa shape index (κ1) is 17.5. The number of amides is 1. The number of nitrogens with one attached hydrogen (secondary N) is 1. The minimum absolute atomic E-state index is 0.0649. The summed E-state index contributed by atoms with van der Waals surface area (Å²) in [5, 5.41) is 12.0. The quantitative estimate of drug-likeness (QED) is 0.809. The molecule has 1 rings (SSSR count). The average molecular weight is 293 g/mol. The lowest BCUT2D eigenvalue weighted by Gasteiger charge is -2.20. The normalized spacial score (nSPS) is 12.8. The van der Waals surface area contributed by atoms with Gasteiger partial charge >= 0.3 is 6.09 Å². The van der Waals surface area contributed by atoms with Crippen molar-refractivity contribution in [3.05, 3.63) is 35.9 Å². The molecule has 0 aromatic heterocycles. The second kappa shape index (κ2) is 8.67. The summed E-state index contributed by atoms with van der Waals surface area (Å²) in [4.78, 5) is 11.7. The highest BCUT2D eigenvalue weighted by atomic mass is 16.5. The number of rotatable bonds is 7. The van der Waals surface area contributed by atoms with Crippen LogP contribution in [0.2, 0.25) is 0 Å². The molecule has 1 aromatic carbocycles. The van der Waals surface area contributed by atoms with Gasteiger partial charge in [0.05, 0.1) is 12.6 Å². The van der Waals surface area contributed by atoms with Gasteiger partial charge in [-0.05, 0) is 23.8 Å². The first-order valence-corrected chi connectivity index (χ1v) is 7.49. The smallest absolute Gasteiger partial charge is 0.407 e. The summed E-state index contributed by atoms with van der Waals surface area (Å²) < 4.78 is 5.15. The fraction of sp³-hybridized carbons (Fsp3) is 0.588. The Bertz CT molecular complexity index is 412. The van der Waals surface area contributed by atoms with Crippen LogP contribution < -0.4 is 5.32 Å². The Hall–Kier alpha value is -1.55. The Morgan fingerprint density at radius 1 is 1.29 bits per heavy atom. The van der Waals surface area contributed by atoms with E-state index in [4.69, 9.17) is 4.74 Å². The number of carbonyl (C=O) groups is 1. The number of benzene rings is 1. The molecule has 4 heteroatoms. The maximum absolute atomic E-state index is 11.7. The molecule has 0 spiro atoms. The van der Waals surface area contributed by atoms with Crippen LogP contribution in [0.3, 0.4) is 0 Å². The van der Waals surface area contributed by atoms with E-state index >= 15 is 0 Å². The SMILES string of the molecule is CC(C)(C)CCCC(CO)NC(=O)OCc1ccccc1. The van der Waals surface area contributed by atoms with Gasteiger partial charge in [0.2, 0.25) is 0 Å². The molecule has 0 fully saturated rings. The maximum Gasteiger partial charge on any atom is 0.407 e. The van der Waals surface area contributed by atoms with Crippen molar-refractivity contribution in [1.82, 2.24) is 5.32 Å². The van der Waals surface area contributed by atoms with Gasteiger partial charge in [0, 0.05) is 0 Å². The van der Waals surface area contributed by atoms with Crippen molar-refractivity contribution in [2.75, 3.05) is 6.61 Å². The molecule has 0 saturated carbocycles. The molecule has 0 heterocycles. The van der Waals surface area contributed by atoms with Crippen LogP contribution in [-0.4, -0.2) is 23.8 Å². The third-order valence-corrected chi connectivity index (χ3v) is 3.23. The Kier molecular flexibility index (Phi) is 7.23. The Morgan fingerprint density at radius 3 is 2.52 bits per heavy atom. The summed E-state index contributed by atoms with van der Waals surface area (Å²) in [6.45, 7) is 6.73. The topological polar surface area (TPSA) is 58.6 Å². The molecule has 0 saturated heterocycles. The van der Waals surface area contributed by atoms with E-state index in [-0.39, 0.29) is 24.7 Å². The fourth-order valence-corrected chi connectivity index (χ4v) is 2.02. The van der Waals surface area contributed by atoms with E-state index in [1.165, 1.54) is 0 Å². The van der Waals surface area contributed by atoms with Gasteiger partial charge in [-0.1, -0.05) is 57.5 Å². The second-order valence-corrected chi connectivity index (χ2v) is 6.54. The number of aliphatic hydroxyl groups excluding tert-OH is 1. The van der Waals surface area contributed by atoms with Crippen molar-refractivity contribution in [2.45, 2.75) is 52.7 Å². The van der Waals surface area contributed by atoms with Gasteiger partial charge in [0.25, 0.3) is 0 Å². The van der Waals surface area contributed by atoms with Gasteiger partial charge in [-0.2, -0.15) is 0 Å². The minimum atomic E-state index is -0.478. The molecule has 1 atom stereocenters. The minimum Gasteiger partial charge on any atom is -0.445 e. The molecule has 1 aromatic rings. The van der Waals surface area contributed by atoms with E-state index in [0.29, 0.717) is 0 Å². The van der Waals surface area contributed by atoms with Crippen LogP contribution in [0.1, 0.15) is 45.6 Å². The molecular formula is C17H27NO3. The van der Waals surface area contributed by atoms with Crippen LogP contribution in [0.4, 0.5) is 4.79 Å². The summed E-state index contributed by atoms with van der Waals surface area (Å²) in [6.07, 6.45) is 2.31. The van der Waals surface area contributed by atoms with Crippen LogP contribution in [0.15, 0.2) is 30.3 Å². The van der Waals surface area contributed by atoms with Crippen molar-refractivity contribution in [3.63, 3.8) is 0 Å². The number of ether oxygens (including phenoxy) is 1. The molecule has 118 valence electrons. The molecular weight excluding hydrogens is 266 g/mol. The van der Waals surface area contributed by atoms with E-state index < -0.39 is 6.09 Å². The van der Waals surface area contributed by atoms with Gasteiger partial charge in [-0.25, -0.2) is 4.79 Å². The molecule has 0 radical (unpaired) electrons. The number of aliphatic hydroxyl groups is 1. The van der Waals surface area contributed by atoms with Crippen molar-refractivity contribution in [1.29, 1.82) is 0 Å².